The molecule has 0 aliphatic heterocycles. The molecule has 0 fully saturated rings. The van der Waals surface area contributed by atoms with Crippen LogP contribution in [0.3, 0.4) is 0 Å². The lowest BCUT2D eigenvalue weighted by atomic mass is 10.2. The van der Waals surface area contributed by atoms with Crippen LogP contribution in [-0.4, -0.2) is 55.4 Å². The van der Waals surface area contributed by atoms with Crippen LogP contribution in [0.4, 0.5) is 0 Å². The van der Waals surface area contributed by atoms with Gasteiger partial charge in [0.25, 0.3) is 0 Å². The Labute approximate surface area is 113 Å². The SMILES string of the molecule is Oc1ccccc1C[Si]O[Si]O[Si]O[Si]O[Si]. The number of phenolic OH excluding ortho intramolecular Hbond substituents is 1. The summed E-state index contributed by atoms with van der Waals surface area (Å²) in [6.45, 7) is 0. The molecule has 1 aromatic rings. The van der Waals surface area contributed by atoms with Gasteiger partial charge in [0, 0.05) is 0 Å². The van der Waals surface area contributed by atoms with Crippen molar-refractivity contribution in [3.05, 3.63) is 29.8 Å². The first-order valence-corrected chi connectivity index (χ1v) is 8.36. The summed E-state index contributed by atoms with van der Waals surface area (Å²) in [5.74, 6) is 0.300. The van der Waals surface area contributed by atoms with Gasteiger partial charge in [0.1, 0.15) is 5.75 Å². The molecule has 0 aliphatic rings. The van der Waals surface area contributed by atoms with Crippen molar-refractivity contribution in [2.45, 2.75) is 6.04 Å². The van der Waals surface area contributed by atoms with Gasteiger partial charge in [-0.1, -0.05) is 18.2 Å². The summed E-state index contributed by atoms with van der Waals surface area (Å²) in [6.07, 6.45) is 0. The fourth-order valence-corrected chi connectivity index (χ4v) is 3.78. The first-order valence-electron chi connectivity index (χ1n) is 4.39. The first kappa shape index (κ1) is 15.0. The van der Waals surface area contributed by atoms with Gasteiger partial charge in [0.2, 0.25) is 20.2 Å². The Balaban J connectivity index is 1.99. The van der Waals surface area contributed by atoms with Crippen molar-refractivity contribution in [3.8, 4) is 5.75 Å². The quantitative estimate of drug-likeness (QED) is 0.481. The van der Waals surface area contributed by atoms with E-state index in [1.165, 1.54) is 0 Å². The highest BCUT2D eigenvalue weighted by Gasteiger charge is 2.03. The zero-order valence-electron chi connectivity index (χ0n) is 8.60. The Bertz CT molecular complexity index is 314. The first-order chi connectivity index (χ1) is 8.34. The van der Waals surface area contributed by atoms with Crippen molar-refractivity contribution < 1.29 is 21.6 Å². The molecule has 85 valence electrons. The van der Waals surface area contributed by atoms with E-state index in [2.05, 4.69) is 14.6 Å². The summed E-state index contributed by atoms with van der Waals surface area (Å²) in [5.41, 5.74) is 0.878. The second kappa shape index (κ2) is 9.92. The van der Waals surface area contributed by atoms with Crippen LogP contribution in [0.2, 0.25) is 0 Å². The average Bonchev–Trinajstić information content (AvgIpc) is 2.35. The number of hydrogen-bond donors (Lipinski definition) is 1. The van der Waals surface area contributed by atoms with Gasteiger partial charge in [-0.25, -0.2) is 0 Å². The van der Waals surface area contributed by atoms with E-state index in [0.717, 1.165) is 5.56 Å². The lowest BCUT2D eigenvalue weighted by Crippen LogP contribution is -2.16. The standard InChI is InChI=1S/C7H7O5Si5/c8-7-4-2-1-3-6(7)5-14-10-16-12-17-11-15-9-13/h1-4,8H,5H2. The maximum absolute atomic E-state index is 9.49. The van der Waals surface area contributed by atoms with Crippen LogP contribution in [-0.2, 0) is 22.5 Å². The van der Waals surface area contributed by atoms with Crippen molar-refractivity contribution in [2.24, 2.45) is 0 Å². The van der Waals surface area contributed by atoms with Crippen LogP contribution in [0.5, 0.6) is 5.75 Å². The third-order valence-electron chi connectivity index (χ3n) is 1.58. The molecular formula is C7H7O5Si5. The Morgan fingerprint density at radius 1 is 1.06 bits per heavy atom. The zero-order chi connectivity index (χ0) is 12.3. The normalized spacial score (nSPS) is 10.6. The second-order valence-electron chi connectivity index (χ2n) is 2.61. The molecule has 0 bridgehead atoms. The number of benzene rings is 1. The Morgan fingerprint density at radius 2 is 1.76 bits per heavy atom. The highest BCUT2D eigenvalue weighted by Crippen LogP contribution is 2.15. The molecule has 17 heavy (non-hydrogen) atoms. The van der Waals surface area contributed by atoms with Gasteiger partial charge in [-0.3, -0.25) is 0 Å². The Kier molecular flexibility index (Phi) is 8.76. The molecule has 1 aromatic carbocycles. The molecule has 0 unspecified atom stereocenters. The minimum absolute atomic E-state index is 0.0569. The highest BCUT2D eigenvalue weighted by molar-refractivity contribution is 6.46. The van der Waals surface area contributed by atoms with Crippen LogP contribution < -0.4 is 0 Å². The van der Waals surface area contributed by atoms with E-state index in [0.29, 0.717) is 11.8 Å². The molecule has 0 saturated carbocycles. The van der Waals surface area contributed by atoms with E-state index in [1.807, 2.05) is 12.1 Å². The molecule has 1 rings (SSSR count). The Hall–Kier alpha value is -0.0556. The van der Waals surface area contributed by atoms with Gasteiger partial charge in [-0.15, -0.1) is 0 Å². The Morgan fingerprint density at radius 3 is 2.53 bits per heavy atom. The smallest absolute Gasteiger partial charge is 0.412 e. The molecule has 0 amide bonds. The van der Waals surface area contributed by atoms with Crippen molar-refractivity contribution >= 4 is 50.3 Å². The summed E-state index contributed by atoms with van der Waals surface area (Å²) in [5, 5.41) is 9.49. The highest BCUT2D eigenvalue weighted by atomic mass is 28.4. The van der Waals surface area contributed by atoms with Crippen LogP contribution >= 0.6 is 0 Å². The summed E-state index contributed by atoms with van der Waals surface area (Å²) >= 11 is 0. The van der Waals surface area contributed by atoms with Crippen LogP contribution in [0.1, 0.15) is 5.56 Å². The fourth-order valence-electron chi connectivity index (χ4n) is 0.900. The molecular weight excluding hydrogens is 305 g/mol. The topological polar surface area (TPSA) is 57.2 Å². The summed E-state index contributed by atoms with van der Waals surface area (Å²) in [7, 11) is 2.84. The van der Waals surface area contributed by atoms with E-state index in [9.17, 15) is 5.11 Å². The molecule has 0 saturated heterocycles. The number of para-hydroxylation sites is 1. The second-order valence-corrected chi connectivity index (χ2v) is 7.02. The van der Waals surface area contributed by atoms with Crippen LogP contribution in [0.15, 0.2) is 24.3 Å². The van der Waals surface area contributed by atoms with Crippen molar-refractivity contribution in [3.63, 3.8) is 0 Å². The molecule has 0 aliphatic carbocycles. The molecule has 0 spiro atoms. The largest absolute Gasteiger partial charge is 0.508 e. The van der Waals surface area contributed by atoms with Gasteiger partial charge in [-0.05, 0) is 17.7 Å². The van der Waals surface area contributed by atoms with E-state index >= 15 is 0 Å². The minimum Gasteiger partial charge on any atom is -0.508 e. The van der Waals surface area contributed by atoms with Crippen molar-refractivity contribution in [2.75, 3.05) is 0 Å². The molecule has 11 radical (unpaired) electrons. The average molecular weight is 312 g/mol. The minimum atomic E-state index is -0.0869. The van der Waals surface area contributed by atoms with Crippen molar-refractivity contribution in [1.82, 2.24) is 0 Å². The van der Waals surface area contributed by atoms with Gasteiger partial charge in [-0.2, -0.15) is 0 Å². The molecule has 10 heteroatoms. The molecule has 1 N–H and O–H groups in total. The van der Waals surface area contributed by atoms with E-state index in [-0.39, 0.29) is 39.8 Å². The van der Waals surface area contributed by atoms with Crippen molar-refractivity contribution in [1.29, 1.82) is 0 Å². The third-order valence-corrected chi connectivity index (χ3v) is 4.68. The van der Waals surface area contributed by atoms with Gasteiger partial charge in [0.05, 0.1) is 0 Å². The summed E-state index contributed by atoms with van der Waals surface area (Å²) < 4.78 is 19.8. The van der Waals surface area contributed by atoms with Gasteiger partial charge < -0.3 is 21.6 Å². The lowest BCUT2D eigenvalue weighted by Gasteiger charge is -2.03. The monoisotopic (exact) mass is 311 g/mol. The van der Waals surface area contributed by atoms with E-state index in [4.69, 9.17) is 12.3 Å². The molecule has 0 heterocycles. The fraction of sp³-hybridized carbons (Fsp3) is 0.143. The lowest BCUT2D eigenvalue weighted by molar-refractivity contribution is 0.406. The van der Waals surface area contributed by atoms with Crippen LogP contribution in [0.25, 0.3) is 0 Å². The van der Waals surface area contributed by atoms with E-state index in [1.54, 1.807) is 12.1 Å². The number of hydrogen-bond acceptors (Lipinski definition) is 5. The van der Waals surface area contributed by atoms with E-state index < -0.39 is 0 Å². The van der Waals surface area contributed by atoms with Gasteiger partial charge >= 0.3 is 30.0 Å². The van der Waals surface area contributed by atoms with Crippen LogP contribution in [0, 0.1) is 0 Å². The molecule has 0 atom stereocenters. The number of aromatic hydroxyl groups is 1. The maximum atomic E-state index is 9.49. The number of rotatable bonds is 9. The summed E-state index contributed by atoms with van der Waals surface area (Å²) in [6, 6.07) is 7.88. The predicted molar refractivity (Wildman–Crippen MR) is 64.9 cm³/mol. The number of phenols is 1. The molecule has 5 nitrogen and oxygen atoms in total. The maximum Gasteiger partial charge on any atom is 0.412 e. The summed E-state index contributed by atoms with van der Waals surface area (Å²) in [4.78, 5) is 0. The molecule has 0 aromatic heterocycles. The van der Waals surface area contributed by atoms with Gasteiger partial charge in [0.15, 0.2) is 0 Å². The predicted octanol–water partition coefficient (Wildman–Crippen LogP) is -0.736. The zero-order valence-corrected chi connectivity index (χ0v) is 13.6. The third kappa shape index (κ3) is 7.07.